The third kappa shape index (κ3) is 25.4. The van der Waals surface area contributed by atoms with Crippen molar-refractivity contribution in [2.75, 3.05) is 26.4 Å². The van der Waals surface area contributed by atoms with Gasteiger partial charge in [-0.25, -0.2) is 0 Å². The molecular formula is C49H90O15. The van der Waals surface area contributed by atoms with Crippen molar-refractivity contribution in [2.45, 2.75) is 261 Å². The quantitative estimate of drug-likeness (QED) is 0.0196. The molecule has 376 valence electrons. The SMILES string of the molecule is CCCC/C=C/CCCCCCCC(=O)O[C@@H](COC(=O)CCCCCCCCCCCCCCCCCCC)CO[C@@H]1O[C@H](CO[C@@H]2O[C@H](CO)[C@H](O)C(O)C2O)[C@H](O)C(O)C1O. The van der Waals surface area contributed by atoms with E-state index in [0.717, 1.165) is 57.8 Å². The average molecular weight is 919 g/mol. The van der Waals surface area contributed by atoms with Crippen LogP contribution in [0.25, 0.3) is 0 Å². The van der Waals surface area contributed by atoms with Crippen molar-refractivity contribution in [3.63, 3.8) is 0 Å². The van der Waals surface area contributed by atoms with Crippen molar-refractivity contribution >= 4 is 11.9 Å². The Morgan fingerprint density at radius 2 is 0.906 bits per heavy atom. The molecule has 0 aromatic rings. The highest BCUT2D eigenvalue weighted by Crippen LogP contribution is 2.26. The van der Waals surface area contributed by atoms with E-state index >= 15 is 0 Å². The molecule has 2 aliphatic heterocycles. The van der Waals surface area contributed by atoms with Gasteiger partial charge in [0.05, 0.1) is 19.8 Å². The number of aliphatic hydroxyl groups excluding tert-OH is 7. The van der Waals surface area contributed by atoms with E-state index in [9.17, 15) is 45.3 Å². The average Bonchev–Trinajstić information content (AvgIpc) is 3.29. The lowest BCUT2D eigenvalue weighted by Crippen LogP contribution is -2.61. The second-order valence-corrected chi connectivity index (χ2v) is 18.0. The van der Waals surface area contributed by atoms with Gasteiger partial charge in [-0.15, -0.1) is 0 Å². The van der Waals surface area contributed by atoms with Crippen LogP contribution in [0.1, 0.15) is 194 Å². The number of unbranched alkanes of at least 4 members (excludes halogenated alkanes) is 23. The number of hydrogen-bond donors (Lipinski definition) is 7. The molecule has 2 heterocycles. The molecule has 0 aromatic heterocycles. The van der Waals surface area contributed by atoms with Gasteiger partial charge in [0.2, 0.25) is 0 Å². The molecule has 4 unspecified atom stereocenters. The van der Waals surface area contributed by atoms with Gasteiger partial charge in [0, 0.05) is 12.8 Å². The summed E-state index contributed by atoms with van der Waals surface area (Å²) in [7, 11) is 0. The molecule has 0 amide bonds. The molecule has 2 rings (SSSR count). The molecule has 15 heteroatoms. The van der Waals surface area contributed by atoms with Gasteiger partial charge < -0.3 is 64.2 Å². The molecule has 0 saturated carbocycles. The van der Waals surface area contributed by atoms with E-state index in [1.807, 2.05) is 0 Å². The standard InChI is InChI=1S/C49H90O15/c1-3-5-7-9-11-13-15-16-17-18-19-20-22-23-25-27-29-31-40(51)59-34-37(62-41(52)32-30-28-26-24-21-14-12-10-8-6-4-2)35-60-48-47(58)45(56)43(54)39(64-48)36-61-49-46(57)44(55)42(53)38(33-50)63-49/h10,12,37-39,42-50,53-58H,3-9,11,13-36H2,1-2H3/b12-10+/t37-,38+,39+,42-,43-,44?,45?,46?,47?,48+,49+/m0/s1. The van der Waals surface area contributed by atoms with Crippen molar-refractivity contribution < 1.29 is 73.8 Å². The van der Waals surface area contributed by atoms with Crippen LogP contribution in [0, 0.1) is 0 Å². The maximum atomic E-state index is 12.9. The zero-order chi connectivity index (χ0) is 46.8. The van der Waals surface area contributed by atoms with Crippen LogP contribution in [0.2, 0.25) is 0 Å². The fourth-order valence-corrected chi connectivity index (χ4v) is 8.02. The largest absolute Gasteiger partial charge is 0.462 e. The summed E-state index contributed by atoms with van der Waals surface area (Å²) in [6.45, 7) is 2.55. The van der Waals surface area contributed by atoms with Crippen molar-refractivity contribution in [3.05, 3.63) is 12.2 Å². The van der Waals surface area contributed by atoms with E-state index in [-0.39, 0.29) is 26.1 Å². The van der Waals surface area contributed by atoms with Crippen LogP contribution in [-0.2, 0) is 38.0 Å². The van der Waals surface area contributed by atoms with Gasteiger partial charge in [0.1, 0.15) is 55.4 Å². The Hall–Kier alpha value is -1.76. The Bertz CT molecular complexity index is 1170. The zero-order valence-electron chi connectivity index (χ0n) is 39.5. The maximum Gasteiger partial charge on any atom is 0.306 e. The van der Waals surface area contributed by atoms with Crippen molar-refractivity contribution in [1.29, 1.82) is 0 Å². The highest BCUT2D eigenvalue weighted by Gasteiger charge is 2.47. The minimum absolute atomic E-state index is 0.158. The van der Waals surface area contributed by atoms with Gasteiger partial charge in [-0.3, -0.25) is 9.59 Å². The number of rotatable bonds is 39. The first-order chi connectivity index (χ1) is 31.0. The first-order valence-electron chi connectivity index (χ1n) is 25.3. The number of carbonyl (C=O) groups is 2. The molecule has 0 radical (unpaired) electrons. The topological polar surface area (TPSA) is 231 Å². The Morgan fingerprint density at radius 1 is 0.484 bits per heavy atom. The lowest BCUT2D eigenvalue weighted by Gasteiger charge is -2.42. The van der Waals surface area contributed by atoms with Crippen LogP contribution in [0.5, 0.6) is 0 Å². The van der Waals surface area contributed by atoms with Gasteiger partial charge in [0.15, 0.2) is 18.7 Å². The van der Waals surface area contributed by atoms with Crippen LogP contribution < -0.4 is 0 Å². The maximum absolute atomic E-state index is 12.9. The summed E-state index contributed by atoms with van der Waals surface area (Å²) < 4.78 is 33.5. The number of allylic oxidation sites excluding steroid dienone is 2. The zero-order valence-corrected chi connectivity index (χ0v) is 39.5. The summed E-state index contributed by atoms with van der Waals surface area (Å²) in [6.07, 6.45) is 18.2. The number of carbonyl (C=O) groups excluding carboxylic acids is 2. The Labute approximate surface area is 384 Å². The highest BCUT2D eigenvalue weighted by molar-refractivity contribution is 5.70. The fraction of sp³-hybridized carbons (Fsp3) is 0.918. The lowest BCUT2D eigenvalue weighted by molar-refractivity contribution is -0.332. The number of hydrogen-bond acceptors (Lipinski definition) is 15. The third-order valence-corrected chi connectivity index (χ3v) is 12.2. The molecule has 2 aliphatic rings. The van der Waals surface area contributed by atoms with Gasteiger partial charge in [-0.1, -0.05) is 161 Å². The smallest absolute Gasteiger partial charge is 0.306 e. The molecule has 0 aromatic carbocycles. The molecule has 11 atom stereocenters. The van der Waals surface area contributed by atoms with Crippen LogP contribution in [0.4, 0.5) is 0 Å². The van der Waals surface area contributed by atoms with Crippen LogP contribution in [0.15, 0.2) is 12.2 Å². The van der Waals surface area contributed by atoms with E-state index in [4.69, 9.17) is 28.4 Å². The molecule has 7 N–H and O–H groups in total. The predicted octanol–water partition coefficient (Wildman–Crippen LogP) is 6.60. The van der Waals surface area contributed by atoms with Crippen molar-refractivity contribution in [3.8, 4) is 0 Å². The van der Waals surface area contributed by atoms with E-state index in [1.54, 1.807) is 0 Å². The Balaban J connectivity index is 1.79. The van der Waals surface area contributed by atoms with E-state index in [1.165, 1.54) is 96.3 Å². The molecule has 2 saturated heterocycles. The third-order valence-electron chi connectivity index (χ3n) is 12.2. The second-order valence-electron chi connectivity index (χ2n) is 18.0. The van der Waals surface area contributed by atoms with Gasteiger partial charge >= 0.3 is 11.9 Å². The monoisotopic (exact) mass is 919 g/mol. The first kappa shape index (κ1) is 58.4. The Morgan fingerprint density at radius 3 is 1.42 bits per heavy atom. The molecular weight excluding hydrogens is 829 g/mol. The number of ether oxygens (including phenoxy) is 6. The van der Waals surface area contributed by atoms with Gasteiger partial charge in [-0.05, 0) is 32.1 Å². The number of esters is 2. The molecule has 15 nitrogen and oxygen atoms in total. The van der Waals surface area contributed by atoms with Crippen LogP contribution in [0.3, 0.4) is 0 Å². The molecule has 2 fully saturated rings. The predicted molar refractivity (Wildman–Crippen MR) is 243 cm³/mol. The summed E-state index contributed by atoms with van der Waals surface area (Å²) in [5, 5.41) is 72.0. The van der Waals surface area contributed by atoms with Gasteiger partial charge in [-0.2, -0.15) is 0 Å². The van der Waals surface area contributed by atoms with Crippen molar-refractivity contribution in [1.82, 2.24) is 0 Å². The van der Waals surface area contributed by atoms with Crippen LogP contribution in [-0.4, -0.2) is 142 Å². The normalized spacial score (nSPS) is 26.6. The second kappa shape index (κ2) is 37.2. The number of aliphatic hydroxyl groups is 7. The van der Waals surface area contributed by atoms with E-state index in [2.05, 4.69) is 26.0 Å². The molecule has 0 spiro atoms. The Kier molecular flexibility index (Phi) is 34.0. The molecule has 64 heavy (non-hydrogen) atoms. The fourth-order valence-electron chi connectivity index (χ4n) is 8.02. The highest BCUT2D eigenvalue weighted by atomic mass is 16.7. The minimum Gasteiger partial charge on any atom is -0.462 e. The first-order valence-corrected chi connectivity index (χ1v) is 25.3. The summed E-state index contributed by atoms with van der Waals surface area (Å²) in [6, 6.07) is 0. The van der Waals surface area contributed by atoms with Crippen LogP contribution >= 0.6 is 0 Å². The van der Waals surface area contributed by atoms with E-state index < -0.39 is 92.7 Å². The van der Waals surface area contributed by atoms with Crippen molar-refractivity contribution in [2.24, 2.45) is 0 Å². The van der Waals surface area contributed by atoms with Gasteiger partial charge in [0.25, 0.3) is 0 Å². The summed E-state index contributed by atoms with van der Waals surface area (Å²) in [5.74, 6) is -0.928. The minimum atomic E-state index is -1.76. The summed E-state index contributed by atoms with van der Waals surface area (Å²) in [4.78, 5) is 25.7. The molecule has 0 aliphatic carbocycles. The lowest BCUT2D eigenvalue weighted by atomic mass is 9.98. The molecule has 0 bridgehead atoms. The summed E-state index contributed by atoms with van der Waals surface area (Å²) >= 11 is 0. The summed E-state index contributed by atoms with van der Waals surface area (Å²) in [5.41, 5.74) is 0. The van der Waals surface area contributed by atoms with E-state index in [0.29, 0.717) is 12.8 Å².